The molecule has 0 aliphatic heterocycles. The number of nitrogens with one attached hydrogen (secondary N) is 1. The van der Waals surface area contributed by atoms with Gasteiger partial charge in [0, 0.05) is 20.7 Å². The zero-order chi connectivity index (χ0) is 17.8. The molecule has 1 saturated carbocycles. The number of nitriles is 1. The molecule has 1 N–H and O–H groups in total. The van der Waals surface area contributed by atoms with E-state index in [2.05, 4.69) is 17.4 Å². The van der Waals surface area contributed by atoms with E-state index in [0.29, 0.717) is 0 Å². The summed E-state index contributed by atoms with van der Waals surface area (Å²) in [5.74, 6) is 0.974. The van der Waals surface area contributed by atoms with Crippen molar-refractivity contribution in [1.29, 1.82) is 5.26 Å². The molecule has 3 rings (SSSR count). The van der Waals surface area contributed by atoms with Gasteiger partial charge in [-0.2, -0.15) is 17.9 Å². The van der Waals surface area contributed by atoms with Crippen molar-refractivity contribution in [3.63, 3.8) is 0 Å². The monoisotopic (exact) mass is 374 g/mol. The van der Waals surface area contributed by atoms with Gasteiger partial charge in [-0.1, -0.05) is 12.8 Å². The highest BCUT2D eigenvalue weighted by Gasteiger charge is 2.35. The van der Waals surface area contributed by atoms with Crippen LogP contribution in [0.25, 0.3) is 10.1 Å². The highest BCUT2D eigenvalue weighted by molar-refractivity contribution is 7.80. The van der Waals surface area contributed by atoms with Crippen LogP contribution in [0.5, 0.6) is 5.75 Å². The van der Waals surface area contributed by atoms with E-state index in [-0.39, 0.29) is 29.5 Å². The molecule has 3 atom stereocenters. The maximum Gasteiger partial charge on any atom is 0.224 e. The summed E-state index contributed by atoms with van der Waals surface area (Å²) in [5, 5.41) is 12.6. The lowest BCUT2D eigenvalue weighted by Gasteiger charge is -2.33. The van der Waals surface area contributed by atoms with Crippen molar-refractivity contribution in [2.75, 3.05) is 13.7 Å². The number of rotatable bonds is 5. The second kappa shape index (κ2) is 8.11. The molecule has 1 fully saturated rings. The Kier molecular flexibility index (Phi) is 5.87. The number of hydrogen-bond acceptors (Lipinski definition) is 5. The van der Waals surface area contributed by atoms with Crippen molar-refractivity contribution in [2.45, 2.75) is 30.9 Å². The van der Waals surface area contributed by atoms with Crippen LogP contribution in [0.4, 0.5) is 0 Å². The number of methoxy groups -OCH3 is 1. The van der Waals surface area contributed by atoms with Gasteiger partial charge >= 0.3 is 0 Å². The molecule has 1 aromatic carbocycles. The van der Waals surface area contributed by atoms with Crippen molar-refractivity contribution in [2.24, 2.45) is 11.8 Å². The Hall–Kier alpha value is -1.71. The molecule has 4 nitrogen and oxygen atoms in total. The van der Waals surface area contributed by atoms with Crippen LogP contribution in [0, 0.1) is 23.2 Å². The first kappa shape index (κ1) is 18.1. The fraction of sp³-hybridized carbons (Fsp3) is 0.474. The Bertz CT molecular complexity index is 796. The average molecular weight is 375 g/mol. The fourth-order valence-corrected chi connectivity index (χ4v) is 5.34. The molecule has 1 heterocycles. The average Bonchev–Trinajstić information content (AvgIpc) is 3.08. The second-order valence-electron chi connectivity index (χ2n) is 6.43. The van der Waals surface area contributed by atoms with Gasteiger partial charge < -0.3 is 10.1 Å². The lowest BCUT2D eigenvalue weighted by molar-refractivity contribution is -0.127. The van der Waals surface area contributed by atoms with Crippen LogP contribution < -0.4 is 10.1 Å². The summed E-state index contributed by atoms with van der Waals surface area (Å²) in [7, 11) is 1.67. The molecular formula is C19H22N2O2S2. The van der Waals surface area contributed by atoms with Crippen LogP contribution in [-0.2, 0) is 4.79 Å². The summed E-state index contributed by atoms with van der Waals surface area (Å²) in [6.45, 7) is 0.0714. The molecule has 1 amide bonds. The Morgan fingerprint density at radius 1 is 1.44 bits per heavy atom. The summed E-state index contributed by atoms with van der Waals surface area (Å²) >= 11 is 6.63. The molecule has 132 valence electrons. The molecule has 2 aromatic rings. The summed E-state index contributed by atoms with van der Waals surface area (Å²) in [6, 6.07) is 10.2. The van der Waals surface area contributed by atoms with E-state index in [9.17, 15) is 4.79 Å². The minimum atomic E-state index is -0.0654. The van der Waals surface area contributed by atoms with Gasteiger partial charge in [0.05, 0.1) is 13.2 Å². The molecule has 0 saturated heterocycles. The molecule has 25 heavy (non-hydrogen) atoms. The van der Waals surface area contributed by atoms with Crippen LogP contribution in [0.1, 0.15) is 35.8 Å². The van der Waals surface area contributed by atoms with Gasteiger partial charge in [-0.25, -0.2) is 0 Å². The number of benzene rings is 1. The highest BCUT2D eigenvalue weighted by atomic mass is 32.1. The van der Waals surface area contributed by atoms with E-state index >= 15 is 0 Å². The lowest BCUT2D eigenvalue weighted by Crippen LogP contribution is -2.38. The van der Waals surface area contributed by atoms with Crippen molar-refractivity contribution in [1.82, 2.24) is 5.32 Å². The topological polar surface area (TPSA) is 62.1 Å². The smallest absolute Gasteiger partial charge is 0.224 e. The Morgan fingerprint density at radius 3 is 3.00 bits per heavy atom. The van der Waals surface area contributed by atoms with Crippen molar-refractivity contribution in [3.05, 3.63) is 29.1 Å². The van der Waals surface area contributed by atoms with E-state index < -0.39 is 0 Å². The van der Waals surface area contributed by atoms with Crippen LogP contribution >= 0.6 is 24.0 Å². The third-order valence-electron chi connectivity index (χ3n) is 4.94. The first-order valence-electron chi connectivity index (χ1n) is 8.54. The highest BCUT2D eigenvalue weighted by Crippen LogP contribution is 2.45. The minimum absolute atomic E-state index is 0.00641. The van der Waals surface area contributed by atoms with Crippen LogP contribution in [-0.4, -0.2) is 19.6 Å². The third-order valence-corrected chi connectivity index (χ3v) is 6.97. The molecule has 1 aromatic heterocycles. The number of carbonyl (C=O) groups excluding carboxylic acids is 1. The van der Waals surface area contributed by atoms with Crippen molar-refractivity contribution in [3.8, 4) is 11.8 Å². The van der Waals surface area contributed by atoms with Crippen LogP contribution in [0.15, 0.2) is 24.3 Å². The predicted molar refractivity (Wildman–Crippen MR) is 104 cm³/mol. The van der Waals surface area contributed by atoms with Crippen LogP contribution in [0.2, 0.25) is 0 Å². The third kappa shape index (κ3) is 3.94. The Balaban J connectivity index is 1.83. The van der Waals surface area contributed by atoms with Gasteiger partial charge in [-0.15, -0.1) is 11.3 Å². The zero-order valence-electron chi connectivity index (χ0n) is 14.2. The zero-order valence-corrected chi connectivity index (χ0v) is 15.9. The number of carbonyl (C=O) groups is 1. The second-order valence-corrected chi connectivity index (χ2v) is 8.10. The molecule has 1 aliphatic rings. The molecular weight excluding hydrogens is 352 g/mol. The van der Waals surface area contributed by atoms with Gasteiger partial charge in [0.1, 0.15) is 12.3 Å². The van der Waals surface area contributed by atoms with Crippen molar-refractivity contribution < 1.29 is 9.53 Å². The number of ether oxygens (including phenoxy) is 1. The molecule has 1 aliphatic carbocycles. The fourth-order valence-electron chi connectivity index (χ4n) is 3.65. The normalized spacial score (nSPS) is 21.5. The minimum Gasteiger partial charge on any atom is -0.497 e. The van der Waals surface area contributed by atoms with E-state index in [1.54, 1.807) is 18.4 Å². The number of nitrogens with zero attached hydrogens (tertiary/aromatic N) is 1. The number of thiol groups is 1. The van der Waals surface area contributed by atoms with E-state index in [0.717, 1.165) is 36.8 Å². The van der Waals surface area contributed by atoms with Gasteiger partial charge in [0.2, 0.25) is 5.91 Å². The molecule has 6 heteroatoms. The number of hydrogen-bond donors (Lipinski definition) is 2. The first-order chi connectivity index (χ1) is 12.1. The maximum atomic E-state index is 12.4. The standard InChI is InChI=1S/C19H22N2O2S2/c1-23-13-6-7-16-12(10-13)11-17(25-16)18(24)14-4-2-3-5-15(14)19(22)21-9-8-20/h6-7,10-11,14-15,18,24H,2-5,9H2,1H3,(H,21,22)/t14-,15-,18?/m0/s1. The van der Waals surface area contributed by atoms with Gasteiger partial charge in [-0.3, -0.25) is 4.79 Å². The summed E-state index contributed by atoms with van der Waals surface area (Å²) in [5.41, 5.74) is 0. The number of thiophene rings is 1. The number of amides is 1. The lowest BCUT2D eigenvalue weighted by atomic mass is 9.76. The van der Waals surface area contributed by atoms with Gasteiger partial charge in [0.15, 0.2) is 0 Å². The quantitative estimate of drug-likeness (QED) is 0.605. The Morgan fingerprint density at radius 2 is 2.24 bits per heavy atom. The molecule has 0 bridgehead atoms. The predicted octanol–water partition coefficient (Wildman–Crippen LogP) is 4.33. The summed E-state index contributed by atoms with van der Waals surface area (Å²) < 4.78 is 6.51. The largest absolute Gasteiger partial charge is 0.497 e. The van der Waals surface area contributed by atoms with Gasteiger partial charge in [0.25, 0.3) is 0 Å². The number of fused-ring (bicyclic) bond motifs is 1. The molecule has 1 unspecified atom stereocenters. The van der Waals surface area contributed by atoms with Gasteiger partial charge in [-0.05, 0) is 48.4 Å². The molecule has 0 spiro atoms. The van der Waals surface area contributed by atoms with E-state index in [1.165, 1.54) is 9.58 Å². The molecule has 0 radical (unpaired) electrons. The Labute approximate surface area is 157 Å². The van der Waals surface area contributed by atoms with Crippen LogP contribution in [0.3, 0.4) is 0 Å². The van der Waals surface area contributed by atoms with E-state index in [4.69, 9.17) is 22.6 Å². The first-order valence-corrected chi connectivity index (χ1v) is 9.87. The SMILES string of the molecule is COc1ccc2sc(C(S)[C@H]3CCCC[C@@H]3C(=O)NCC#N)cc2c1. The maximum absolute atomic E-state index is 12.4. The summed E-state index contributed by atoms with van der Waals surface area (Å²) in [6.07, 6.45) is 4.06. The summed E-state index contributed by atoms with van der Waals surface area (Å²) in [4.78, 5) is 13.6. The van der Waals surface area contributed by atoms with Crippen molar-refractivity contribution >= 4 is 40.0 Å². The van der Waals surface area contributed by atoms with E-state index in [1.807, 2.05) is 18.2 Å².